The summed E-state index contributed by atoms with van der Waals surface area (Å²) in [6.45, 7) is 0. The highest BCUT2D eigenvalue weighted by molar-refractivity contribution is 6.17. The first-order chi connectivity index (χ1) is 9.02. The second kappa shape index (κ2) is 5.19. The molecule has 19 heavy (non-hydrogen) atoms. The van der Waals surface area contributed by atoms with Crippen LogP contribution in [0.1, 0.15) is 5.56 Å². The fourth-order valence-corrected chi connectivity index (χ4v) is 1.88. The van der Waals surface area contributed by atoms with Gasteiger partial charge in [0, 0.05) is 30.3 Å². The lowest BCUT2D eigenvalue weighted by molar-refractivity contribution is -0.384. The van der Waals surface area contributed by atoms with Crippen LogP contribution >= 0.6 is 11.6 Å². The Balaban J connectivity index is 2.59. The minimum absolute atomic E-state index is 0.0272. The Morgan fingerprint density at radius 3 is 2.79 bits per heavy atom. The molecule has 0 aliphatic carbocycles. The lowest BCUT2D eigenvalue weighted by Gasteiger charge is -2.05. The number of hydrogen-bond acceptors (Lipinski definition) is 4. The van der Waals surface area contributed by atoms with E-state index in [-0.39, 0.29) is 17.1 Å². The van der Waals surface area contributed by atoms with Gasteiger partial charge in [-0.15, -0.1) is 11.6 Å². The summed E-state index contributed by atoms with van der Waals surface area (Å²) in [4.78, 5) is 21.9. The highest BCUT2D eigenvalue weighted by Gasteiger charge is 2.11. The number of alkyl halides is 1. The number of aromatic nitrogens is 2. The summed E-state index contributed by atoms with van der Waals surface area (Å²) in [7, 11) is 1.51. The topological polar surface area (TPSA) is 78.0 Å². The molecule has 0 N–H and O–H groups in total. The molecule has 0 bridgehead atoms. The van der Waals surface area contributed by atoms with E-state index in [4.69, 9.17) is 11.6 Å². The first-order valence-corrected chi connectivity index (χ1v) is 5.94. The maximum atomic E-state index is 11.7. The smallest absolute Gasteiger partial charge is 0.267 e. The van der Waals surface area contributed by atoms with Gasteiger partial charge in [0.05, 0.1) is 16.5 Å². The summed E-state index contributed by atoms with van der Waals surface area (Å²) >= 11 is 5.70. The molecule has 1 aromatic carbocycles. The van der Waals surface area contributed by atoms with E-state index >= 15 is 0 Å². The number of hydrogen-bond donors (Lipinski definition) is 0. The molecule has 0 unspecified atom stereocenters. The van der Waals surface area contributed by atoms with Crippen LogP contribution in [-0.2, 0) is 12.9 Å². The van der Waals surface area contributed by atoms with E-state index in [1.807, 2.05) is 0 Å². The molecule has 0 spiro atoms. The van der Waals surface area contributed by atoms with Crippen LogP contribution in [0.3, 0.4) is 0 Å². The third-order valence-corrected chi connectivity index (χ3v) is 2.92. The Hall–Kier alpha value is -2.21. The molecule has 1 heterocycles. The standard InChI is InChI=1S/C12H10ClN3O3/c1-15-12(17)9(7-13)6-11(14-15)8-3-2-4-10(5-8)16(18)19/h2-6H,7H2,1H3. The molecule has 0 aliphatic heterocycles. The fourth-order valence-electron chi connectivity index (χ4n) is 1.69. The Labute approximate surface area is 113 Å². The van der Waals surface area contributed by atoms with Crippen molar-refractivity contribution >= 4 is 17.3 Å². The van der Waals surface area contributed by atoms with E-state index in [1.54, 1.807) is 18.2 Å². The maximum Gasteiger partial charge on any atom is 0.270 e. The molecule has 0 fully saturated rings. The van der Waals surface area contributed by atoms with Crippen LogP contribution in [0, 0.1) is 10.1 Å². The molecule has 0 atom stereocenters. The first kappa shape index (κ1) is 13.2. The van der Waals surface area contributed by atoms with Crippen molar-refractivity contribution in [2.24, 2.45) is 7.05 Å². The van der Waals surface area contributed by atoms with Crippen LogP contribution in [0.25, 0.3) is 11.3 Å². The Morgan fingerprint density at radius 2 is 2.16 bits per heavy atom. The van der Waals surface area contributed by atoms with E-state index in [1.165, 1.54) is 23.9 Å². The molecule has 2 rings (SSSR count). The van der Waals surface area contributed by atoms with Gasteiger partial charge in [0.1, 0.15) is 0 Å². The molecule has 98 valence electrons. The number of nitro benzene ring substituents is 1. The monoisotopic (exact) mass is 279 g/mol. The van der Waals surface area contributed by atoms with E-state index in [0.29, 0.717) is 16.8 Å². The molecule has 0 saturated carbocycles. The van der Waals surface area contributed by atoms with Crippen molar-refractivity contribution in [1.82, 2.24) is 9.78 Å². The van der Waals surface area contributed by atoms with Crippen molar-refractivity contribution in [2.75, 3.05) is 0 Å². The Kier molecular flexibility index (Phi) is 3.62. The highest BCUT2D eigenvalue weighted by atomic mass is 35.5. The summed E-state index contributed by atoms with van der Waals surface area (Å²) in [5, 5.41) is 14.8. The van der Waals surface area contributed by atoms with Gasteiger partial charge in [-0.1, -0.05) is 12.1 Å². The summed E-state index contributed by atoms with van der Waals surface area (Å²) in [6.07, 6.45) is 0. The molecule has 0 amide bonds. The number of halogens is 1. The van der Waals surface area contributed by atoms with Gasteiger partial charge in [0.25, 0.3) is 11.2 Å². The Morgan fingerprint density at radius 1 is 1.42 bits per heavy atom. The average Bonchev–Trinajstić information content (AvgIpc) is 2.41. The van der Waals surface area contributed by atoms with Gasteiger partial charge in [-0.3, -0.25) is 14.9 Å². The number of benzene rings is 1. The normalized spacial score (nSPS) is 10.4. The van der Waals surface area contributed by atoms with Crippen LogP contribution in [0.2, 0.25) is 0 Å². The molecular formula is C12H10ClN3O3. The van der Waals surface area contributed by atoms with E-state index in [0.717, 1.165) is 0 Å². The molecule has 0 saturated heterocycles. The average molecular weight is 280 g/mol. The molecule has 7 heteroatoms. The van der Waals surface area contributed by atoms with E-state index in [9.17, 15) is 14.9 Å². The van der Waals surface area contributed by atoms with Crippen molar-refractivity contribution in [2.45, 2.75) is 5.88 Å². The van der Waals surface area contributed by atoms with Crippen molar-refractivity contribution in [3.63, 3.8) is 0 Å². The van der Waals surface area contributed by atoms with Crippen LogP contribution in [-0.4, -0.2) is 14.7 Å². The summed E-state index contributed by atoms with van der Waals surface area (Å²) in [6, 6.07) is 7.62. The molecule has 0 aliphatic rings. The SMILES string of the molecule is Cn1nc(-c2cccc([N+](=O)[O-])c2)cc(CCl)c1=O. The van der Waals surface area contributed by atoms with Gasteiger partial charge in [0.15, 0.2) is 0 Å². The van der Waals surface area contributed by atoms with E-state index < -0.39 is 4.92 Å². The third kappa shape index (κ3) is 2.63. The van der Waals surface area contributed by atoms with Gasteiger partial charge in [0.2, 0.25) is 0 Å². The zero-order valence-electron chi connectivity index (χ0n) is 10.0. The van der Waals surface area contributed by atoms with Crippen molar-refractivity contribution in [3.05, 3.63) is 56.4 Å². The third-order valence-electron chi connectivity index (χ3n) is 2.63. The first-order valence-electron chi connectivity index (χ1n) is 5.41. The molecule has 0 radical (unpaired) electrons. The predicted molar refractivity (Wildman–Crippen MR) is 71.1 cm³/mol. The minimum Gasteiger partial charge on any atom is -0.267 e. The molecule has 1 aromatic heterocycles. The fraction of sp³-hybridized carbons (Fsp3) is 0.167. The van der Waals surface area contributed by atoms with Gasteiger partial charge < -0.3 is 0 Å². The minimum atomic E-state index is -0.478. The Bertz CT molecular complexity index is 697. The predicted octanol–water partition coefficient (Wildman–Crippen LogP) is 2.09. The zero-order chi connectivity index (χ0) is 14.0. The molecule has 2 aromatic rings. The second-order valence-corrected chi connectivity index (χ2v) is 4.19. The largest absolute Gasteiger partial charge is 0.270 e. The lowest BCUT2D eigenvalue weighted by atomic mass is 10.1. The highest BCUT2D eigenvalue weighted by Crippen LogP contribution is 2.22. The van der Waals surface area contributed by atoms with Gasteiger partial charge in [-0.2, -0.15) is 5.10 Å². The second-order valence-electron chi connectivity index (χ2n) is 3.92. The van der Waals surface area contributed by atoms with Gasteiger partial charge in [-0.25, -0.2) is 4.68 Å². The maximum absolute atomic E-state index is 11.7. The number of rotatable bonds is 3. The van der Waals surface area contributed by atoms with Crippen LogP contribution < -0.4 is 5.56 Å². The molecular weight excluding hydrogens is 270 g/mol. The summed E-state index contributed by atoms with van der Waals surface area (Å²) in [5.41, 5.74) is 1.14. The van der Waals surface area contributed by atoms with Gasteiger partial charge in [-0.05, 0) is 6.07 Å². The molecule has 6 nitrogen and oxygen atoms in total. The number of aryl methyl sites for hydroxylation is 1. The lowest BCUT2D eigenvalue weighted by Crippen LogP contribution is -2.23. The summed E-state index contributed by atoms with van der Waals surface area (Å²) in [5.74, 6) is 0.0666. The number of nitro groups is 1. The van der Waals surface area contributed by atoms with Gasteiger partial charge >= 0.3 is 0 Å². The number of nitrogens with zero attached hydrogens (tertiary/aromatic N) is 3. The van der Waals surface area contributed by atoms with Crippen LogP contribution in [0.4, 0.5) is 5.69 Å². The number of non-ortho nitro benzene ring substituents is 1. The quantitative estimate of drug-likeness (QED) is 0.490. The van der Waals surface area contributed by atoms with E-state index in [2.05, 4.69) is 5.10 Å². The van der Waals surface area contributed by atoms with Crippen molar-refractivity contribution in [3.8, 4) is 11.3 Å². The van der Waals surface area contributed by atoms with Crippen LogP contribution in [0.5, 0.6) is 0 Å². The van der Waals surface area contributed by atoms with Crippen molar-refractivity contribution < 1.29 is 4.92 Å². The van der Waals surface area contributed by atoms with Crippen molar-refractivity contribution in [1.29, 1.82) is 0 Å². The summed E-state index contributed by atoms with van der Waals surface area (Å²) < 4.78 is 1.17. The zero-order valence-corrected chi connectivity index (χ0v) is 10.8. The van der Waals surface area contributed by atoms with Crippen LogP contribution in [0.15, 0.2) is 35.1 Å².